The average Bonchev–Trinajstić information content (AvgIpc) is 2.93. The Balaban J connectivity index is -0.000000285. The molecular formula is C30H58N2. The molecule has 0 atom stereocenters. The van der Waals surface area contributed by atoms with Crippen molar-refractivity contribution in [2.75, 3.05) is 26.2 Å². The molecule has 0 amide bonds. The predicted octanol–water partition coefficient (Wildman–Crippen LogP) is 9.16. The summed E-state index contributed by atoms with van der Waals surface area (Å²) in [5.74, 6) is 0. The van der Waals surface area contributed by atoms with Gasteiger partial charge in [-0.2, -0.15) is 0 Å². The van der Waals surface area contributed by atoms with E-state index >= 15 is 0 Å². The van der Waals surface area contributed by atoms with Crippen LogP contribution in [0.25, 0.3) is 0 Å². The second kappa shape index (κ2) is 34.0. The molecule has 2 heteroatoms. The summed E-state index contributed by atoms with van der Waals surface area (Å²) in [5.41, 5.74) is 2.84. The van der Waals surface area contributed by atoms with Crippen molar-refractivity contribution < 1.29 is 0 Å². The molecule has 1 aliphatic heterocycles. The Labute approximate surface area is 204 Å². The van der Waals surface area contributed by atoms with E-state index in [1.54, 1.807) is 0 Å². The smallest absolute Gasteiger partial charge is 0.0234 e. The first-order valence-corrected chi connectivity index (χ1v) is 13.4. The van der Waals surface area contributed by atoms with Crippen molar-refractivity contribution in [2.24, 2.45) is 0 Å². The van der Waals surface area contributed by atoms with E-state index in [9.17, 15) is 0 Å². The summed E-state index contributed by atoms with van der Waals surface area (Å²) in [5, 5.41) is 0. The van der Waals surface area contributed by atoms with E-state index in [0.29, 0.717) is 0 Å². The molecule has 0 spiro atoms. The number of rotatable bonds is 4. The molecule has 0 N–H and O–H groups in total. The number of benzene rings is 2. The summed E-state index contributed by atoms with van der Waals surface area (Å²) >= 11 is 0. The summed E-state index contributed by atoms with van der Waals surface area (Å²) in [6.45, 7) is 30.8. The third-order valence-electron chi connectivity index (χ3n) is 3.96. The average molecular weight is 447 g/mol. The van der Waals surface area contributed by atoms with Crippen molar-refractivity contribution in [3.05, 3.63) is 71.8 Å². The Morgan fingerprint density at radius 3 is 0.844 bits per heavy atom. The van der Waals surface area contributed by atoms with Crippen LogP contribution in [0.4, 0.5) is 0 Å². The molecule has 3 rings (SSSR count). The molecule has 2 aromatic carbocycles. The van der Waals surface area contributed by atoms with Crippen molar-refractivity contribution in [3.63, 3.8) is 0 Å². The van der Waals surface area contributed by atoms with Gasteiger partial charge in [0.25, 0.3) is 0 Å². The Kier molecular flexibility index (Phi) is 40.0. The van der Waals surface area contributed by atoms with Gasteiger partial charge in [0.15, 0.2) is 0 Å². The lowest BCUT2D eigenvalue weighted by Gasteiger charge is -2.34. The molecule has 188 valence electrons. The van der Waals surface area contributed by atoms with Gasteiger partial charge in [0.1, 0.15) is 0 Å². The van der Waals surface area contributed by atoms with Gasteiger partial charge in [0.2, 0.25) is 0 Å². The Bertz CT molecular complexity index is 453. The second-order valence-electron chi connectivity index (χ2n) is 5.52. The highest BCUT2D eigenvalue weighted by Crippen LogP contribution is 2.11. The lowest BCUT2D eigenvalue weighted by Crippen LogP contribution is -2.45. The van der Waals surface area contributed by atoms with Gasteiger partial charge in [-0.25, -0.2) is 0 Å². The molecule has 1 saturated heterocycles. The SMILES string of the molecule is CC.CC.CC.CC.CC.CC.c1ccc(CN2CCN(Cc3ccccc3)CC2)cc1. The Morgan fingerprint density at radius 2 is 0.625 bits per heavy atom. The van der Waals surface area contributed by atoms with Gasteiger partial charge in [-0.05, 0) is 11.1 Å². The highest BCUT2D eigenvalue weighted by Gasteiger charge is 2.16. The van der Waals surface area contributed by atoms with Crippen LogP contribution in [-0.2, 0) is 13.1 Å². The minimum atomic E-state index is 1.08. The number of hydrogen-bond donors (Lipinski definition) is 0. The van der Waals surface area contributed by atoms with Crippen LogP contribution in [0.15, 0.2) is 60.7 Å². The van der Waals surface area contributed by atoms with Crippen molar-refractivity contribution in [1.82, 2.24) is 9.80 Å². The number of piperazine rings is 1. The van der Waals surface area contributed by atoms with Crippen LogP contribution in [-0.4, -0.2) is 36.0 Å². The zero-order valence-electron chi connectivity index (χ0n) is 23.9. The maximum Gasteiger partial charge on any atom is 0.0234 e. The monoisotopic (exact) mass is 446 g/mol. The fraction of sp³-hybridized carbons (Fsp3) is 0.600. The van der Waals surface area contributed by atoms with E-state index in [1.807, 2.05) is 83.1 Å². The van der Waals surface area contributed by atoms with Crippen LogP contribution in [0.1, 0.15) is 94.2 Å². The molecule has 2 aromatic rings. The fourth-order valence-electron chi connectivity index (χ4n) is 2.79. The van der Waals surface area contributed by atoms with E-state index in [2.05, 4.69) is 70.5 Å². The maximum atomic E-state index is 2.55. The molecule has 0 bridgehead atoms. The zero-order chi connectivity index (χ0) is 25.6. The quantitative estimate of drug-likeness (QED) is 0.462. The zero-order valence-corrected chi connectivity index (χ0v) is 23.9. The van der Waals surface area contributed by atoms with Gasteiger partial charge >= 0.3 is 0 Å². The van der Waals surface area contributed by atoms with Gasteiger partial charge < -0.3 is 0 Å². The van der Waals surface area contributed by atoms with Crippen molar-refractivity contribution in [2.45, 2.75) is 96.2 Å². The third-order valence-corrected chi connectivity index (χ3v) is 3.96. The standard InChI is InChI=1S/C18H22N2.6C2H6/c1-3-7-17(8-4-1)15-19-11-13-20(14-12-19)16-18-9-5-2-6-10-18;6*1-2/h1-10H,11-16H2;6*1-2H3. The minimum Gasteiger partial charge on any atom is -0.297 e. The minimum absolute atomic E-state index is 1.08. The second-order valence-corrected chi connectivity index (χ2v) is 5.52. The first-order valence-electron chi connectivity index (χ1n) is 13.4. The van der Waals surface area contributed by atoms with Crippen molar-refractivity contribution in [3.8, 4) is 0 Å². The highest BCUT2D eigenvalue weighted by molar-refractivity contribution is 5.15. The summed E-state index contributed by atoms with van der Waals surface area (Å²) in [7, 11) is 0. The molecule has 0 unspecified atom stereocenters. The van der Waals surface area contributed by atoms with Gasteiger partial charge in [-0.3, -0.25) is 9.80 Å². The lowest BCUT2D eigenvalue weighted by molar-refractivity contribution is 0.122. The molecule has 0 saturated carbocycles. The topological polar surface area (TPSA) is 6.48 Å². The van der Waals surface area contributed by atoms with E-state index < -0.39 is 0 Å². The molecule has 2 nitrogen and oxygen atoms in total. The summed E-state index contributed by atoms with van der Waals surface area (Å²) in [6.07, 6.45) is 0. The van der Waals surface area contributed by atoms with Crippen LogP contribution >= 0.6 is 0 Å². The largest absolute Gasteiger partial charge is 0.297 e. The molecule has 1 heterocycles. The fourth-order valence-corrected chi connectivity index (χ4v) is 2.79. The normalized spacial score (nSPS) is 11.9. The van der Waals surface area contributed by atoms with Crippen LogP contribution in [0, 0.1) is 0 Å². The number of hydrogen-bond acceptors (Lipinski definition) is 2. The van der Waals surface area contributed by atoms with E-state index in [-0.39, 0.29) is 0 Å². The van der Waals surface area contributed by atoms with Crippen LogP contribution in [0.5, 0.6) is 0 Å². The first kappa shape index (κ1) is 37.7. The molecule has 0 radical (unpaired) electrons. The molecule has 32 heavy (non-hydrogen) atoms. The molecule has 0 aromatic heterocycles. The highest BCUT2D eigenvalue weighted by atomic mass is 15.3. The first-order chi connectivity index (χ1) is 15.9. The van der Waals surface area contributed by atoms with E-state index in [0.717, 1.165) is 13.1 Å². The Morgan fingerprint density at radius 1 is 0.406 bits per heavy atom. The molecule has 1 aliphatic rings. The van der Waals surface area contributed by atoms with E-state index in [1.165, 1.54) is 37.3 Å². The Hall–Kier alpha value is -1.64. The maximum absolute atomic E-state index is 2.55. The third kappa shape index (κ3) is 20.3. The lowest BCUT2D eigenvalue weighted by atomic mass is 10.1. The molecule has 1 fully saturated rings. The van der Waals surface area contributed by atoms with E-state index in [4.69, 9.17) is 0 Å². The summed E-state index contributed by atoms with van der Waals surface area (Å²) in [6, 6.07) is 21.5. The van der Waals surface area contributed by atoms with Gasteiger partial charge in [-0.15, -0.1) is 0 Å². The van der Waals surface area contributed by atoms with Crippen molar-refractivity contribution in [1.29, 1.82) is 0 Å². The van der Waals surface area contributed by atoms with Crippen LogP contribution in [0.3, 0.4) is 0 Å². The summed E-state index contributed by atoms with van der Waals surface area (Å²) in [4.78, 5) is 5.10. The predicted molar refractivity (Wildman–Crippen MR) is 152 cm³/mol. The van der Waals surface area contributed by atoms with Crippen LogP contribution < -0.4 is 0 Å². The summed E-state index contributed by atoms with van der Waals surface area (Å²) < 4.78 is 0. The van der Waals surface area contributed by atoms with Gasteiger partial charge in [0.05, 0.1) is 0 Å². The molecule has 0 aliphatic carbocycles. The number of nitrogens with zero attached hydrogens (tertiary/aromatic N) is 2. The van der Waals surface area contributed by atoms with Gasteiger partial charge in [-0.1, -0.05) is 144 Å². The van der Waals surface area contributed by atoms with Crippen LogP contribution in [0.2, 0.25) is 0 Å². The van der Waals surface area contributed by atoms with Gasteiger partial charge in [0, 0.05) is 39.3 Å². The van der Waals surface area contributed by atoms with Crippen molar-refractivity contribution >= 4 is 0 Å². The molecular weight excluding hydrogens is 388 g/mol.